The summed E-state index contributed by atoms with van der Waals surface area (Å²) in [6, 6.07) is 4.37. The Morgan fingerprint density at radius 3 is 2.82 bits per heavy atom. The van der Waals surface area contributed by atoms with Crippen molar-refractivity contribution in [3.63, 3.8) is 0 Å². The van der Waals surface area contributed by atoms with E-state index in [4.69, 9.17) is 4.42 Å². The summed E-state index contributed by atoms with van der Waals surface area (Å²) in [5.41, 5.74) is 0. The molecule has 0 spiro atoms. The first kappa shape index (κ1) is 12.2. The van der Waals surface area contributed by atoms with Gasteiger partial charge in [0.2, 0.25) is 5.91 Å². The number of carbonyl (C=O) groups is 1. The monoisotopic (exact) mass is 236 g/mol. The van der Waals surface area contributed by atoms with Crippen molar-refractivity contribution in [2.75, 3.05) is 13.1 Å². The van der Waals surface area contributed by atoms with Gasteiger partial charge in [0.05, 0.1) is 13.1 Å². The molecule has 0 atom stereocenters. The summed E-state index contributed by atoms with van der Waals surface area (Å²) in [5, 5.41) is 3.13. The van der Waals surface area contributed by atoms with E-state index in [9.17, 15) is 4.79 Å². The van der Waals surface area contributed by atoms with Crippen LogP contribution in [0.15, 0.2) is 16.5 Å². The number of aryl methyl sites for hydroxylation is 1. The Morgan fingerprint density at radius 1 is 1.53 bits per heavy atom. The van der Waals surface area contributed by atoms with E-state index in [1.165, 1.54) is 0 Å². The van der Waals surface area contributed by atoms with E-state index in [2.05, 4.69) is 5.32 Å². The van der Waals surface area contributed by atoms with Crippen molar-refractivity contribution in [3.8, 4) is 0 Å². The molecule has 1 N–H and O–H groups in total. The molecular weight excluding hydrogens is 216 g/mol. The fraction of sp³-hybridized carbons (Fsp3) is 0.615. The average Bonchev–Trinajstić information content (AvgIpc) is 3.04. The summed E-state index contributed by atoms with van der Waals surface area (Å²) in [4.78, 5) is 13.8. The van der Waals surface area contributed by atoms with Gasteiger partial charge in [-0.05, 0) is 38.8 Å². The molecule has 4 nitrogen and oxygen atoms in total. The van der Waals surface area contributed by atoms with Crippen molar-refractivity contribution in [1.82, 2.24) is 10.2 Å². The summed E-state index contributed by atoms with van der Waals surface area (Å²) < 4.78 is 5.42. The Balaban J connectivity index is 1.72. The second kappa shape index (κ2) is 5.36. The molecule has 1 amide bonds. The van der Waals surface area contributed by atoms with Crippen molar-refractivity contribution in [3.05, 3.63) is 23.7 Å². The van der Waals surface area contributed by atoms with Gasteiger partial charge in [-0.1, -0.05) is 0 Å². The zero-order valence-electron chi connectivity index (χ0n) is 10.5. The fourth-order valence-electron chi connectivity index (χ4n) is 2.00. The topological polar surface area (TPSA) is 45.5 Å². The Kier molecular flexibility index (Phi) is 3.84. The Bertz CT molecular complexity index is 383. The van der Waals surface area contributed by atoms with Gasteiger partial charge in [-0.2, -0.15) is 0 Å². The van der Waals surface area contributed by atoms with Crippen LogP contribution in [0.4, 0.5) is 0 Å². The highest BCUT2D eigenvalue weighted by Gasteiger charge is 2.30. The van der Waals surface area contributed by atoms with Crippen LogP contribution in [-0.4, -0.2) is 29.9 Å². The Morgan fingerprint density at radius 2 is 2.29 bits per heavy atom. The molecule has 0 bridgehead atoms. The fourth-order valence-corrected chi connectivity index (χ4v) is 2.00. The molecule has 1 aliphatic carbocycles. The van der Waals surface area contributed by atoms with E-state index in [1.807, 2.05) is 30.9 Å². The normalized spacial score (nSPS) is 14.9. The SMILES string of the molecule is CCN(C(=O)CNCc1ccc(C)o1)C1CC1. The number of likely N-dealkylation sites (N-methyl/N-ethyl adjacent to an activating group) is 1. The molecule has 1 fully saturated rings. The van der Waals surface area contributed by atoms with E-state index in [-0.39, 0.29) is 5.91 Å². The molecule has 0 aromatic carbocycles. The van der Waals surface area contributed by atoms with Gasteiger partial charge in [0.25, 0.3) is 0 Å². The number of hydrogen-bond donors (Lipinski definition) is 1. The van der Waals surface area contributed by atoms with Crippen LogP contribution in [0.2, 0.25) is 0 Å². The number of furan rings is 1. The van der Waals surface area contributed by atoms with Gasteiger partial charge in [0.1, 0.15) is 11.5 Å². The number of hydrogen-bond acceptors (Lipinski definition) is 3. The van der Waals surface area contributed by atoms with Crippen molar-refractivity contribution in [2.45, 2.75) is 39.3 Å². The van der Waals surface area contributed by atoms with E-state index in [0.717, 1.165) is 30.9 Å². The van der Waals surface area contributed by atoms with Crippen LogP contribution < -0.4 is 5.32 Å². The highest BCUT2D eigenvalue weighted by atomic mass is 16.3. The lowest BCUT2D eigenvalue weighted by atomic mass is 10.4. The van der Waals surface area contributed by atoms with Crippen LogP contribution in [0.5, 0.6) is 0 Å². The Labute approximate surface area is 102 Å². The maximum absolute atomic E-state index is 11.9. The van der Waals surface area contributed by atoms with E-state index >= 15 is 0 Å². The quantitative estimate of drug-likeness (QED) is 0.817. The second-order valence-corrected chi connectivity index (χ2v) is 4.53. The summed E-state index contributed by atoms with van der Waals surface area (Å²) in [6.07, 6.45) is 2.33. The number of carbonyl (C=O) groups excluding carboxylic acids is 1. The molecule has 1 saturated carbocycles. The maximum Gasteiger partial charge on any atom is 0.236 e. The van der Waals surface area contributed by atoms with Gasteiger partial charge < -0.3 is 14.6 Å². The Hall–Kier alpha value is -1.29. The van der Waals surface area contributed by atoms with Crippen LogP contribution in [0.3, 0.4) is 0 Å². The third-order valence-corrected chi connectivity index (χ3v) is 3.02. The van der Waals surface area contributed by atoms with Gasteiger partial charge in [-0.3, -0.25) is 4.79 Å². The lowest BCUT2D eigenvalue weighted by Crippen LogP contribution is -2.39. The van der Waals surface area contributed by atoms with E-state index in [1.54, 1.807) is 0 Å². The molecule has 1 aromatic rings. The minimum atomic E-state index is 0.193. The molecule has 0 aliphatic heterocycles. The van der Waals surface area contributed by atoms with E-state index < -0.39 is 0 Å². The highest BCUT2D eigenvalue weighted by Crippen LogP contribution is 2.26. The molecule has 1 aliphatic rings. The van der Waals surface area contributed by atoms with Crippen LogP contribution in [0.1, 0.15) is 31.3 Å². The zero-order valence-corrected chi connectivity index (χ0v) is 10.5. The smallest absolute Gasteiger partial charge is 0.236 e. The molecule has 17 heavy (non-hydrogen) atoms. The van der Waals surface area contributed by atoms with Gasteiger partial charge >= 0.3 is 0 Å². The van der Waals surface area contributed by atoms with Gasteiger partial charge in [-0.25, -0.2) is 0 Å². The van der Waals surface area contributed by atoms with Gasteiger partial charge in [0.15, 0.2) is 0 Å². The van der Waals surface area contributed by atoms with Crippen LogP contribution in [-0.2, 0) is 11.3 Å². The lowest BCUT2D eigenvalue weighted by Gasteiger charge is -2.20. The summed E-state index contributed by atoms with van der Waals surface area (Å²) in [6.45, 7) is 5.77. The predicted molar refractivity (Wildman–Crippen MR) is 65.6 cm³/mol. The summed E-state index contributed by atoms with van der Waals surface area (Å²) in [7, 11) is 0. The van der Waals surface area contributed by atoms with Crippen LogP contribution in [0.25, 0.3) is 0 Å². The van der Waals surface area contributed by atoms with Crippen molar-refractivity contribution in [2.24, 2.45) is 0 Å². The zero-order chi connectivity index (χ0) is 12.3. The van der Waals surface area contributed by atoms with E-state index in [0.29, 0.717) is 19.1 Å². The molecule has 4 heteroatoms. The molecule has 0 radical (unpaired) electrons. The number of nitrogens with zero attached hydrogens (tertiary/aromatic N) is 1. The first-order chi connectivity index (χ1) is 8.20. The maximum atomic E-state index is 11.9. The van der Waals surface area contributed by atoms with Crippen molar-refractivity contribution in [1.29, 1.82) is 0 Å². The molecule has 94 valence electrons. The first-order valence-electron chi connectivity index (χ1n) is 6.26. The molecule has 1 aromatic heterocycles. The molecular formula is C13H20N2O2. The summed E-state index contributed by atoms with van der Waals surface area (Å²) in [5.74, 6) is 1.98. The highest BCUT2D eigenvalue weighted by molar-refractivity contribution is 5.78. The molecule has 2 rings (SSSR count). The van der Waals surface area contributed by atoms with Crippen LogP contribution in [0, 0.1) is 6.92 Å². The minimum Gasteiger partial charge on any atom is -0.465 e. The third-order valence-electron chi connectivity index (χ3n) is 3.02. The largest absolute Gasteiger partial charge is 0.465 e. The number of rotatable bonds is 6. The third kappa shape index (κ3) is 3.33. The minimum absolute atomic E-state index is 0.193. The van der Waals surface area contributed by atoms with Crippen molar-refractivity contribution < 1.29 is 9.21 Å². The van der Waals surface area contributed by atoms with Gasteiger partial charge in [0, 0.05) is 12.6 Å². The number of amides is 1. The first-order valence-corrected chi connectivity index (χ1v) is 6.26. The second-order valence-electron chi connectivity index (χ2n) is 4.53. The average molecular weight is 236 g/mol. The van der Waals surface area contributed by atoms with Gasteiger partial charge in [-0.15, -0.1) is 0 Å². The standard InChI is InChI=1S/C13H20N2O2/c1-3-15(11-5-6-11)13(16)9-14-8-12-7-4-10(2)17-12/h4,7,11,14H,3,5-6,8-9H2,1-2H3. The van der Waals surface area contributed by atoms with Crippen molar-refractivity contribution >= 4 is 5.91 Å². The van der Waals surface area contributed by atoms with Crippen LogP contribution >= 0.6 is 0 Å². The number of nitrogens with one attached hydrogen (secondary N) is 1. The predicted octanol–water partition coefficient (Wildman–Crippen LogP) is 1.69. The summed E-state index contributed by atoms with van der Waals surface area (Å²) >= 11 is 0. The lowest BCUT2D eigenvalue weighted by molar-refractivity contribution is -0.130. The molecule has 1 heterocycles. The molecule has 0 saturated heterocycles. The molecule has 0 unspecified atom stereocenters.